The molecule has 4 aromatic rings. The Kier molecular flexibility index (Phi) is 5.06. The molecule has 0 aliphatic heterocycles. The van der Waals surface area contributed by atoms with E-state index in [1.165, 1.54) is 38.8 Å². The van der Waals surface area contributed by atoms with Crippen molar-refractivity contribution in [3.8, 4) is 10.8 Å². The molecule has 0 spiro atoms. The summed E-state index contributed by atoms with van der Waals surface area (Å²) >= 11 is 7.92. The molecule has 0 amide bonds. The molecule has 0 saturated heterocycles. The van der Waals surface area contributed by atoms with Crippen molar-refractivity contribution in [3.63, 3.8) is 0 Å². The summed E-state index contributed by atoms with van der Waals surface area (Å²) in [6, 6.07) is 22.9. The minimum Gasteiger partial charge on any atom is -0.445 e. The van der Waals surface area contributed by atoms with Crippen LogP contribution in [0.4, 0.5) is 5.00 Å². The van der Waals surface area contributed by atoms with E-state index < -0.39 is 0 Å². The van der Waals surface area contributed by atoms with Crippen LogP contribution in [0, 0.1) is 13.8 Å². The van der Waals surface area contributed by atoms with Crippen molar-refractivity contribution >= 4 is 38.7 Å². The fourth-order valence-electron chi connectivity index (χ4n) is 3.24. The summed E-state index contributed by atoms with van der Waals surface area (Å²) in [6.07, 6.45) is 0. The van der Waals surface area contributed by atoms with Gasteiger partial charge in [0.2, 0.25) is 5.06 Å². The van der Waals surface area contributed by atoms with E-state index in [-0.39, 0.29) is 0 Å². The number of anilines is 1. The number of halogens is 1. The van der Waals surface area contributed by atoms with Gasteiger partial charge in [-0.3, -0.25) is 0 Å². The van der Waals surface area contributed by atoms with Gasteiger partial charge >= 0.3 is 0 Å². The summed E-state index contributed by atoms with van der Waals surface area (Å²) < 4.78 is 6.02. The van der Waals surface area contributed by atoms with Gasteiger partial charge in [0.05, 0.1) is 10.0 Å². The maximum Gasteiger partial charge on any atom is 0.201 e. The molecule has 0 bridgehead atoms. The fourth-order valence-corrected chi connectivity index (χ4v) is 4.38. The lowest BCUT2D eigenvalue weighted by molar-refractivity contribution is 0.496. The number of hydrogen-bond donors (Lipinski definition) is 1. The number of thiophene rings is 1. The second-order valence-electron chi connectivity index (χ2n) is 6.66. The van der Waals surface area contributed by atoms with E-state index >= 15 is 0 Å². The average molecular weight is 394 g/mol. The minimum atomic E-state index is 0.625. The lowest BCUT2D eigenvalue weighted by Crippen LogP contribution is -1.98. The van der Waals surface area contributed by atoms with Gasteiger partial charge in [-0.1, -0.05) is 71.5 Å². The van der Waals surface area contributed by atoms with Gasteiger partial charge in [-0.15, -0.1) is 0 Å². The molecule has 27 heavy (non-hydrogen) atoms. The van der Waals surface area contributed by atoms with Crippen molar-refractivity contribution in [1.82, 2.24) is 0 Å². The number of aryl methyl sites for hydroxylation is 2. The first-order valence-corrected chi connectivity index (χ1v) is 10.0. The molecule has 1 heterocycles. The van der Waals surface area contributed by atoms with E-state index in [1.807, 2.05) is 18.2 Å². The lowest BCUT2D eigenvalue weighted by Gasteiger charge is -2.08. The summed E-state index contributed by atoms with van der Waals surface area (Å²) in [5.41, 5.74) is 3.60. The zero-order chi connectivity index (χ0) is 18.8. The Morgan fingerprint density at radius 1 is 0.926 bits per heavy atom. The predicted octanol–water partition coefficient (Wildman–Crippen LogP) is 7.58. The number of fused-ring (bicyclic) bond motifs is 1. The fraction of sp³-hybridized carbons (Fsp3) is 0.130. The molecule has 1 aromatic heterocycles. The Morgan fingerprint density at radius 2 is 1.67 bits per heavy atom. The van der Waals surface area contributed by atoms with Crippen LogP contribution in [0.25, 0.3) is 10.8 Å². The molecule has 2 nitrogen and oxygen atoms in total. The molecular formula is C23H20ClNOS. The summed E-state index contributed by atoms with van der Waals surface area (Å²) in [4.78, 5) is 0. The van der Waals surface area contributed by atoms with Gasteiger partial charge in [0, 0.05) is 6.54 Å². The van der Waals surface area contributed by atoms with Crippen LogP contribution in [0.2, 0.25) is 5.02 Å². The second-order valence-corrected chi connectivity index (χ2v) is 8.09. The van der Waals surface area contributed by atoms with E-state index in [4.69, 9.17) is 16.3 Å². The van der Waals surface area contributed by atoms with E-state index in [0.717, 1.165) is 17.3 Å². The molecule has 1 N–H and O–H groups in total. The highest BCUT2D eigenvalue weighted by Gasteiger charge is 2.11. The summed E-state index contributed by atoms with van der Waals surface area (Å²) in [5.74, 6) is 0.817. The van der Waals surface area contributed by atoms with Crippen LogP contribution in [0.5, 0.6) is 10.8 Å². The van der Waals surface area contributed by atoms with Gasteiger partial charge in [-0.2, -0.15) is 0 Å². The van der Waals surface area contributed by atoms with Crippen molar-refractivity contribution < 1.29 is 4.74 Å². The maximum atomic E-state index is 6.40. The van der Waals surface area contributed by atoms with Crippen LogP contribution in [0.3, 0.4) is 0 Å². The van der Waals surface area contributed by atoms with E-state index in [1.54, 1.807) is 0 Å². The van der Waals surface area contributed by atoms with Crippen molar-refractivity contribution in [1.29, 1.82) is 0 Å². The second kappa shape index (κ2) is 7.63. The highest BCUT2D eigenvalue weighted by Crippen LogP contribution is 2.41. The molecule has 0 unspecified atom stereocenters. The number of rotatable bonds is 5. The van der Waals surface area contributed by atoms with Crippen LogP contribution in [-0.4, -0.2) is 0 Å². The third-order valence-corrected chi connectivity index (χ3v) is 5.76. The lowest BCUT2D eigenvalue weighted by atomic mass is 10.0. The van der Waals surface area contributed by atoms with E-state index in [0.29, 0.717) is 10.1 Å². The maximum absolute atomic E-state index is 6.40. The molecule has 4 heteroatoms. The smallest absolute Gasteiger partial charge is 0.201 e. The third-order valence-electron chi connectivity index (χ3n) is 4.39. The largest absolute Gasteiger partial charge is 0.445 e. The molecule has 0 aliphatic rings. The highest BCUT2D eigenvalue weighted by atomic mass is 35.5. The summed E-state index contributed by atoms with van der Waals surface area (Å²) in [6.45, 7) is 4.86. The average Bonchev–Trinajstić information content (AvgIpc) is 2.98. The standard InChI is InChI=1S/C23H20ClNOS/c1-15-10-16(2)12-19(11-15)26-23-21(24)13-22(27-23)25-14-18-8-5-7-17-6-3-4-9-20(17)18/h3-13,25H,14H2,1-2H3. The van der Waals surface area contributed by atoms with Crippen LogP contribution in [0.15, 0.2) is 66.7 Å². The monoisotopic (exact) mass is 393 g/mol. The molecule has 0 atom stereocenters. The van der Waals surface area contributed by atoms with Crippen molar-refractivity contribution in [2.24, 2.45) is 0 Å². The first-order valence-electron chi connectivity index (χ1n) is 8.84. The van der Waals surface area contributed by atoms with Gasteiger partial charge in [-0.25, -0.2) is 0 Å². The summed E-state index contributed by atoms with van der Waals surface area (Å²) in [5, 5.41) is 8.32. The molecule has 0 aliphatic carbocycles. The SMILES string of the molecule is Cc1cc(C)cc(Oc2sc(NCc3cccc4ccccc34)cc2Cl)c1. The minimum absolute atomic E-state index is 0.625. The van der Waals surface area contributed by atoms with Crippen molar-refractivity contribution in [2.75, 3.05) is 5.32 Å². The number of hydrogen-bond acceptors (Lipinski definition) is 3. The van der Waals surface area contributed by atoms with Crippen LogP contribution in [0.1, 0.15) is 16.7 Å². The Hall–Kier alpha value is -2.49. The molecule has 4 rings (SSSR count). The van der Waals surface area contributed by atoms with Gasteiger partial charge in [0.25, 0.3) is 0 Å². The predicted molar refractivity (Wildman–Crippen MR) is 117 cm³/mol. The molecular weight excluding hydrogens is 374 g/mol. The van der Waals surface area contributed by atoms with Crippen LogP contribution >= 0.6 is 22.9 Å². The van der Waals surface area contributed by atoms with Gasteiger partial charge in [0.1, 0.15) is 5.75 Å². The Labute approximate surface area is 168 Å². The molecule has 0 saturated carbocycles. The van der Waals surface area contributed by atoms with Crippen molar-refractivity contribution in [3.05, 3.63) is 88.4 Å². The first kappa shape index (κ1) is 17.9. The Bertz CT molecular complexity index is 1080. The molecule has 0 fully saturated rings. The molecule has 0 radical (unpaired) electrons. The van der Waals surface area contributed by atoms with Gasteiger partial charge in [-0.05, 0) is 59.5 Å². The van der Waals surface area contributed by atoms with Crippen LogP contribution in [-0.2, 0) is 6.54 Å². The first-order chi connectivity index (χ1) is 13.1. The Morgan fingerprint density at radius 3 is 2.48 bits per heavy atom. The quantitative estimate of drug-likeness (QED) is 0.377. The Balaban J connectivity index is 1.51. The number of ether oxygens (including phenoxy) is 1. The third kappa shape index (κ3) is 4.10. The van der Waals surface area contributed by atoms with E-state index in [9.17, 15) is 0 Å². The number of benzene rings is 3. The topological polar surface area (TPSA) is 21.3 Å². The normalized spacial score (nSPS) is 10.9. The zero-order valence-electron chi connectivity index (χ0n) is 15.3. The molecule has 3 aromatic carbocycles. The van der Waals surface area contributed by atoms with Gasteiger partial charge in [0.15, 0.2) is 0 Å². The molecule has 136 valence electrons. The van der Waals surface area contributed by atoms with E-state index in [2.05, 4.69) is 67.7 Å². The van der Waals surface area contributed by atoms with Crippen LogP contribution < -0.4 is 10.1 Å². The number of nitrogens with one attached hydrogen (secondary N) is 1. The zero-order valence-corrected chi connectivity index (χ0v) is 16.8. The summed E-state index contributed by atoms with van der Waals surface area (Å²) in [7, 11) is 0. The van der Waals surface area contributed by atoms with Crippen molar-refractivity contribution in [2.45, 2.75) is 20.4 Å². The van der Waals surface area contributed by atoms with Gasteiger partial charge < -0.3 is 10.1 Å². The highest BCUT2D eigenvalue weighted by molar-refractivity contribution is 7.18.